The molecule has 1 amide bonds. The van der Waals surface area contributed by atoms with Crippen LogP contribution >= 0.6 is 11.6 Å². The molecule has 1 aliphatic heterocycles. The molecule has 0 radical (unpaired) electrons. The molecule has 1 aromatic rings. The van der Waals surface area contributed by atoms with Crippen LogP contribution in [0.3, 0.4) is 0 Å². The molecule has 1 fully saturated rings. The number of benzene rings is 1. The molecule has 0 aromatic heterocycles. The van der Waals surface area contributed by atoms with E-state index in [1.165, 1.54) is 0 Å². The van der Waals surface area contributed by atoms with E-state index in [9.17, 15) is 4.79 Å². The molecule has 104 valence electrons. The molecule has 0 saturated carbocycles. The summed E-state index contributed by atoms with van der Waals surface area (Å²) in [4.78, 5) is 13.8. The van der Waals surface area contributed by atoms with Crippen molar-refractivity contribution in [1.82, 2.24) is 10.2 Å². The third-order valence-corrected chi connectivity index (χ3v) is 3.55. The number of nitrogens with one attached hydrogen (secondary N) is 1. The van der Waals surface area contributed by atoms with Crippen molar-refractivity contribution >= 4 is 17.5 Å². The van der Waals surface area contributed by atoms with Gasteiger partial charge < -0.3 is 15.0 Å². The molecular weight excluding hydrogens is 264 g/mol. The predicted octanol–water partition coefficient (Wildman–Crippen LogP) is 1.85. The van der Waals surface area contributed by atoms with Crippen LogP contribution in [0.2, 0.25) is 5.02 Å². The van der Waals surface area contributed by atoms with E-state index >= 15 is 0 Å². The maximum atomic E-state index is 12.0. The first kappa shape index (κ1) is 14.3. The van der Waals surface area contributed by atoms with Crippen molar-refractivity contribution in [1.29, 1.82) is 0 Å². The number of halogens is 1. The van der Waals surface area contributed by atoms with Gasteiger partial charge in [-0.25, -0.2) is 0 Å². The van der Waals surface area contributed by atoms with Crippen LogP contribution in [0, 0.1) is 0 Å². The average molecular weight is 283 g/mol. The van der Waals surface area contributed by atoms with Crippen molar-refractivity contribution in [3.05, 3.63) is 34.9 Å². The lowest BCUT2D eigenvalue weighted by Crippen LogP contribution is -2.45. The van der Waals surface area contributed by atoms with Crippen molar-refractivity contribution in [3.63, 3.8) is 0 Å². The van der Waals surface area contributed by atoms with E-state index in [1.54, 1.807) is 0 Å². The zero-order chi connectivity index (χ0) is 13.7. The molecule has 1 saturated heterocycles. The Morgan fingerprint density at radius 2 is 2.00 bits per heavy atom. The van der Waals surface area contributed by atoms with Gasteiger partial charge >= 0.3 is 0 Å². The van der Waals surface area contributed by atoms with Gasteiger partial charge in [0, 0.05) is 24.2 Å². The number of carbonyl (C=O) groups excluding carboxylic acids is 1. The number of amides is 1. The van der Waals surface area contributed by atoms with E-state index in [4.69, 9.17) is 16.3 Å². The van der Waals surface area contributed by atoms with Crippen LogP contribution in [0.4, 0.5) is 0 Å². The molecule has 0 spiro atoms. The van der Waals surface area contributed by atoms with Gasteiger partial charge in [0.2, 0.25) is 5.91 Å². The second kappa shape index (κ2) is 6.89. The summed E-state index contributed by atoms with van der Waals surface area (Å²) in [5.74, 6) is 0.129. The van der Waals surface area contributed by atoms with Gasteiger partial charge in [-0.1, -0.05) is 23.7 Å². The van der Waals surface area contributed by atoms with Gasteiger partial charge in [0.15, 0.2) is 0 Å². The molecule has 1 heterocycles. The highest BCUT2D eigenvalue weighted by Gasteiger charge is 2.17. The molecule has 19 heavy (non-hydrogen) atoms. The van der Waals surface area contributed by atoms with Crippen LogP contribution in [0.25, 0.3) is 0 Å². The van der Waals surface area contributed by atoms with Gasteiger partial charge in [0.25, 0.3) is 0 Å². The van der Waals surface area contributed by atoms with E-state index in [2.05, 4.69) is 5.32 Å². The minimum Gasteiger partial charge on any atom is -0.378 e. The molecule has 0 aliphatic carbocycles. The molecule has 4 nitrogen and oxygen atoms in total. The monoisotopic (exact) mass is 282 g/mol. The maximum Gasteiger partial charge on any atom is 0.236 e. The molecule has 0 unspecified atom stereocenters. The summed E-state index contributed by atoms with van der Waals surface area (Å²) in [5.41, 5.74) is 1.12. The molecule has 5 heteroatoms. The topological polar surface area (TPSA) is 41.6 Å². The van der Waals surface area contributed by atoms with Crippen molar-refractivity contribution in [2.75, 3.05) is 32.8 Å². The second-order valence-corrected chi connectivity index (χ2v) is 5.08. The minimum absolute atomic E-state index is 0.127. The van der Waals surface area contributed by atoms with Crippen LogP contribution in [-0.4, -0.2) is 43.7 Å². The minimum atomic E-state index is 0.127. The van der Waals surface area contributed by atoms with Crippen LogP contribution < -0.4 is 5.32 Å². The van der Waals surface area contributed by atoms with Crippen LogP contribution in [-0.2, 0) is 9.53 Å². The largest absolute Gasteiger partial charge is 0.378 e. The number of hydrogen-bond acceptors (Lipinski definition) is 3. The summed E-state index contributed by atoms with van der Waals surface area (Å²) in [5, 5.41) is 3.96. The van der Waals surface area contributed by atoms with Crippen molar-refractivity contribution in [2.45, 2.75) is 13.0 Å². The third-order valence-electron chi connectivity index (χ3n) is 3.29. The van der Waals surface area contributed by atoms with Gasteiger partial charge in [-0.3, -0.25) is 4.79 Å². The fourth-order valence-corrected chi connectivity index (χ4v) is 2.16. The summed E-state index contributed by atoms with van der Waals surface area (Å²) in [6, 6.07) is 7.79. The van der Waals surface area contributed by atoms with Crippen molar-refractivity contribution < 1.29 is 9.53 Å². The van der Waals surface area contributed by atoms with Gasteiger partial charge in [0.1, 0.15) is 0 Å². The standard InChI is InChI=1S/C14H19ClN2O2/c1-11(12-2-4-13(15)5-3-12)16-10-14(18)17-6-8-19-9-7-17/h2-5,11,16H,6-10H2,1H3/t11-/m1/s1. The third kappa shape index (κ3) is 4.20. The summed E-state index contributed by atoms with van der Waals surface area (Å²) >= 11 is 5.85. The number of carbonyl (C=O) groups is 1. The zero-order valence-corrected chi connectivity index (χ0v) is 11.8. The highest BCUT2D eigenvalue weighted by atomic mass is 35.5. The second-order valence-electron chi connectivity index (χ2n) is 4.65. The highest BCUT2D eigenvalue weighted by molar-refractivity contribution is 6.30. The Morgan fingerprint density at radius 1 is 1.37 bits per heavy atom. The molecule has 0 bridgehead atoms. The Balaban J connectivity index is 1.80. The molecule has 1 aliphatic rings. The number of morpholine rings is 1. The predicted molar refractivity (Wildman–Crippen MR) is 75.3 cm³/mol. The van der Waals surface area contributed by atoms with E-state index in [0.29, 0.717) is 32.8 Å². The van der Waals surface area contributed by atoms with Crippen LogP contribution in [0.1, 0.15) is 18.5 Å². The molecule has 1 aromatic carbocycles. The van der Waals surface area contributed by atoms with Gasteiger partial charge in [-0.05, 0) is 24.6 Å². The smallest absolute Gasteiger partial charge is 0.236 e. The lowest BCUT2D eigenvalue weighted by atomic mass is 10.1. The molecule has 1 N–H and O–H groups in total. The van der Waals surface area contributed by atoms with Crippen LogP contribution in [0.15, 0.2) is 24.3 Å². The van der Waals surface area contributed by atoms with E-state index < -0.39 is 0 Å². The van der Waals surface area contributed by atoms with E-state index in [0.717, 1.165) is 10.6 Å². The van der Waals surface area contributed by atoms with Crippen LogP contribution in [0.5, 0.6) is 0 Å². The summed E-state index contributed by atoms with van der Waals surface area (Å²) < 4.78 is 5.23. The van der Waals surface area contributed by atoms with Gasteiger partial charge in [-0.15, -0.1) is 0 Å². The highest BCUT2D eigenvalue weighted by Crippen LogP contribution is 2.15. The first-order chi connectivity index (χ1) is 9.16. The molecule has 2 rings (SSSR count). The number of rotatable bonds is 4. The van der Waals surface area contributed by atoms with E-state index in [1.807, 2.05) is 36.1 Å². The first-order valence-corrected chi connectivity index (χ1v) is 6.89. The first-order valence-electron chi connectivity index (χ1n) is 6.51. The van der Waals surface area contributed by atoms with E-state index in [-0.39, 0.29) is 11.9 Å². The summed E-state index contributed by atoms with van der Waals surface area (Å²) in [6.07, 6.45) is 0. The van der Waals surface area contributed by atoms with Crippen molar-refractivity contribution in [2.24, 2.45) is 0 Å². The Labute approximate surface area is 118 Å². The maximum absolute atomic E-state index is 12.0. The SMILES string of the molecule is C[C@@H](NCC(=O)N1CCOCC1)c1ccc(Cl)cc1. The fraction of sp³-hybridized carbons (Fsp3) is 0.500. The molecule has 1 atom stereocenters. The Kier molecular flexibility index (Phi) is 5.19. The number of nitrogens with zero attached hydrogens (tertiary/aromatic N) is 1. The average Bonchev–Trinajstić information content (AvgIpc) is 2.46. The van der Waals surface area contributed by atoms with Crippen molar-refractivity contribution in [3.8, 4) is 0 Å². The summed E-state index contributed by atoms with van der Waals surface area (Å²) in [7, 11) is 0. The summed E-state index contributed by atoms with van der Waals surface area (Å²) in [6.45, 7) is 5.04. The van der Waals surface area contributed by atoms with Gasteiger partial charge in [-0.2, -0.15) is 0 Å². The normalized spacial score (nSPS) is 17.3. The lowest BCUT2D eigenvalue weighted by Gasteiger charge is -2.27. The Morgan fingerprint density at radius 3 is 2.63 bits per heavy atom. The fourth-order valence-electron chi connectivity index (χ4n) is 2.03. The quantitative estimate of drug-likeness (QED) is 0.916. The molecular formula is C14H19ClN2O2. The Bertz CT molecular complexity index is 416. The van der Waals surface area contributed by atoms with Gasteiger partial charge in [0.05, 0.1) is 19.8 Å². The zero-order valence-electron chi connectivity index (χ0n) is 11.1. The number of hydrogen-bond donors (Lipinski definition) is 1. The Hall–Kier alpha value is -1.10. The number of ether oxygens (including phenoxy) is 1. The lowest BCUT2D eigenvalue weighted by molar-refractivity contribution is -0.134.